The van der Waals surface area contributed by atoms with Gasteiger partial charge in [0.1, 0.15) is 0 Å². The normalized spacial score (nSPS) is 11.5. The molecule has 3 N–H and O–H groups in total. The van der Waals surface area contributed by atoms with Crippen molar-refractivity contribution in [2.45, 2.75) is 11.9 Å². The van der Waals surface area contributed by atoms with Gasteiger partial charge >= 0.3 is 0 Å². The first-order valence-corrected chi connectivity index (χ1v) is 7.64. The number of aromatic nitrogens is 2. The van der Waals surface area contributed by atoms with E-state index in [2.05, 4.69) is 25.6 Å². The molecule has 0 bridgehead atoms. The van der Waals surface area contributed by atoms with Crippen LogP contribution in [0.4, 0.5) is 11.5 Å². The second-order valence-electron chi connectivity index (χ2n) is 4.17. The lowest BCUT2D eigenvalue weighted by Crippen LogP contribution is -2.17. The van der Waals surface area contributed by atoms with Gasteiger partial charge in [-0.2, -0.15) is 8.42 Å². The zero-order valence-corrected chi connectivity index (χ0v) is 12.8. The molecule has 2 rings (SSSR count). The molecular weight excluding hydrogens is 332 g/mol. The Balaban J connectivity index is 2.42. The van der Waals surface area contributed by atoms with Crippen molar-refractivity contribution >= 4 is 37.5 Å². The van der Waals surface area contributed by atoms with Crippen molar-refractivity contribution in [1.82, 2.24) is 9.55 Å². The fraction of sp³-hybridized carbons (Fsp3) is 0.182. The highest BCUT2D eigenvalue weighted by Crippen LogP contribution is 2.23. The highest BCUT2D eigenvalue weighted by molar-refractivity contribution is 9.10. The van der Waals surface area contributed by atoms with Crippen molar-refractivity contribution in [3.63, 3.8) is 0 Å². The Morgan fingerprint density at radius 1 is 1.37 bits per heavy atom. The molecule has 1 aromatic heterocycles. The lowest BCUT2D eigenvalue weighted by Gasteiger charge is -2.10. The number of hydrogen-bond donors (Lipinski definition) is 2. The van der Waals surface area contributed by atoms with Gasteiger partial charge in [0.25, 0.3) is 10.0 Å². The Morgan fingerprint density at radius 3 is 2.58 bits per heavy atom. The van der Waals surface area contributed by atoms with Crippen LogP contribution in [0.2, 0.25) is 0 Å². The SMILES string of the molecule is Cc1cc(Br)cc(NS(=O)(=O)c2c(N)ncn2C)c1. The summed E-state index contributed by atoms with van der Waals surface area (Å²) in [6, 6.07) is 5.29. The van der Waals surface area contributed by atoms with Gasteiger partial charge in [0.15, 0.2) is 10.8 Å². The molecular formula is C11H13BrN4O2S. The highest BCUT2D eigenvalue weighted by atomic mass is 79.9. The molecule has 19 heavy (non-hydrogen) atoms. The number of hydrogen-bond acceptors (Lipinski definition) is 4. The summed E-state index contributed by atoms with van der Waals surface area (Å²) in [5.41, 5.74) is 6.98. The van der Waals surface area contributed by atoms with Crippen molar-refractivity contribution in [3.05, 3.63) is 34.6 Å². The van der Waals surface area contributed by atoms with E-state index < -0.39 is 10.0 Å². The topological polar surface area (TPSA) is 90.0 Å². The number of nitrogens with zero attached hydrogens (tertiary/aromatic N) is 2. The lowest BCUT2D eigenvalue weighted by atomic mass is 10.2. The molecule has 2 aromatic rings. The number of nitrogens with two attached hydrogens (primary N) is 1. The van der Waals surface area contributed by atoms with Gasteiger partial charge in [-0.3, -0.25) is 4.72 Å². The van der Waals surface area contributed by atoms with E-state index in [-0.39, 0.29) is 10.8 Å². The van der Waals surface area contributed by atoms with Gasteiger partial charge in [0.05, 0.1) is 12.0 Å². The number of sulfonamides is 1. The molecule has 0 fully saturated rings. The zero-order chi connectivity index (χ0) is 14.2. The molecule has 0 radical (unpaired) electrons. The summed E-state index contributed by atoms with van der Waals surface area (Å²) in [7, 11) is -2.19. The minimum atomic E-state index is -3.76. The predicted octanol–water partition coefficient (Wildman–Crippen LogP) is 1.87. The van der Waals surface area contributed by atoms with E-state index in [1.165, 1.54) is 10.9 Å². The zero-order valence-electron chi connectivity index (χ0n) is 10.4. The van der Waals surface area contributed by atoms with Crippen LogP contribution < -0.4 is 10.5 Å². The average molecular weight is 345 g/mol. The number of nitrogen functional groups attached to an aromatic ring is 1. The second-order valence-corrected chi connectivity index (χ2v) is 6.68. The van der Waals surface area contributed by atoms with Crippen molar-refractivity contribution in [2.24, 2.45) is 7.05 Å². The van der Waals surface area contributed by atoms with Crippen LogP contribution in [-0.2, 0) is 17.1 Å². The van der Waals surface area contributed by atoms with Gasteiger partial charge in [0.2, 0.25) is 0 Å². The van der Waals surface area contributed by atoms with E-state index in [1.54, 1.807) is 19.2 Å². The monoisotopic (exact) mass is 344 g/mol. The Labute approximate surface area is 119 Å². The fourth-order valence-electron chi connectivity index (χ4n) is 1.76. The molecule has 0 atom stereocenters. The molecule has 0 aliphatic carbocycles. The van der Waals surface area contributed by atoms with Crippen LogP contribution in [0.5, 0.6) is 0 Å². The molecule has 1 heterocycles. The number of anilines is 2. The van der Waals surface area contributed by atoms with Gasteiger partial charge in [-0.05, 0) is 30.7 Å². The summed E-state index contributed by atoms with van der Waals surface area (Å²) < 4.78 is 29.2. The number of nitrogens with one attached hydrogen (secondary N) is 1. The summed E-state index contributed by atoms with van der Waals surface area (Å²) in [4.78, 5) is 3.77. The smallest absolute Gasteiger partial charge is 0.281 e. The number of benzene rings is 1. The molecule has 1 aromatic carbocycles. The van der Waals surface area contributed by atoms with Gasteiger partial charge in [0, 0.05) is 11.5 Å². The van der Waals surface area contributed by atoms with Gasteiger partial charge < -0.3 is 10.3 Å². The number of rotatable bonds is 3. The van der Waals surface area contributed by atoms with Gasteiger partial charge in [-0.25, -0.2) is 4.98 Å². The van der Waals surface area contributed by atoms with Gasteiger partial charge in [-0.15, -0.1) is 0 Å². The van der Waals surface area contributed by atoms with E-state index in [0.29, 0.717) is 5.69 Å². The maximum absolute atomic E-state index is 12.3. The molecule has 0 amide bonds. The first-order chi connectivity index (χ1) is 8.79. The third-order valence-electron chi connectivity index (χ3n) is 2.46. The summed E-state index contributed by atoms with van der Waals surface area (Å²) in [5, 5.41) is -0.0508. The van der Waals surface area contributed by atoms with Crippen molar-refractivity contribution in [1.29, 1.82) is 0 Å². The summed E-state index contributed by atoms with van der Waals surface area (Å²) in [5.74, 6) is -0.0262. The molecule has 0 saturated carbocycles. The van der Waals surface area contributed by atoms with Crippen LogP contribution in [0.15, 0.2) is 34.0 Å². The van der Waals surface area contributed by atoms with Crippen LogP contribution in [0.25, 0.3) is 0 Å². The summed E-state index contributed by atoms with van der Waals surface area (Å²) >= 11 is 3.32. The third kappa shape index (κ3) is 2.90. The number of halogens is 1. The highest BCUT2D eigenvalue weighted by Gasteiger charge is 2.22. The van der Waals surface area contributed by atoms with E-state index in [0.717, 1.165) is 10.0 Å². The standard InChI is InChI=1S/C11H13BrN4O2S/c1-7-3-8(12)5-9(4-7)15-19(17,18)11-10(13)14-6-16(11)2/h3-6,15H,13H2,1-2H3. The molecule has 8 heteroatoms. The minimum absolute atomic E-state index is 0.0262. The maximum atomic E-state index is 12.3. The van der Waals surface area contributed by atoms with E-state index in [4.69, 9.17) is 5.73 Å². The minimum Gasteiger partial charge on any atom is -0.381 e. The van der Waals surface area contributed by atoms with Crippen LogP contribution >= 0.6 is 15.9 Å². The number of aryl methyl sites for hydroxylation is 2. The fourth-order valence-corrected chi connectivity index (χ4v) is 3.65. The van der Waals surface area contributed by atoms with Crippen LogP contribution in [0.3, 0.4) is 0 Å². The van der Waals surface area contributed by atoms with E-state index >= 15 is 0 Å². The molecule has 0 aliphatic heterocycles. The average Bonchev–Trinajstić information content (AvgIpc) is 2.56. The quantitative estimate of drug-likeness (QED) is 0.889. The maximum Gasteiger partial charge on any atom is 0.281 e. The first kappa shape index (κ1) is 13.9. The second kappa shape index (κ2) is 4.86. The van der Waals surface area contributed by atoms with Crippen molar-refractivity contribution in [2.75, 3.05) is 10.5 Å². The Bertz CT molecular complexity index is 685. The molecule has 0 saturated heterocycles. The first-order valence-electron chi connectivity index (χ1n) is 5.36. The largest absolute Gasteiger partial charge is 0.381 e. The van der Waals surface area contributed by atoms with Crippen LogP contribution in [0, 0.1) is 6.92 Å². The van der Waals surface area contributed by atoms with E-state index in [1.807, 2.05) is 13.0 Å². The van der Waals surface area contributed by atoms with Gasteiger partial charge in [-0.1, -0.05) is 15.9 Å². The predicted molar refractivity (Wildman–Crippen MR) is 77.3 cm³/mol. The molecule has 0 aliphatic rings. The number of imidazole rings is 1. The summed E-state index contributed by atoms with van der Waals surface area (Å²) in [6.07, 6.45) is 1.36. The van der Waals surface area contributed by atoms with Crippen LogP contribution in [0.1, 0.15) is 5.56 Å². The Hall–Kier alpha value is -1.54. The molecule has 6 nitrogen and oxygen atoms in total. The van der Waals surface area contributed by atoms with E-state index in [9.17, 15) is 8.42 Å². The summed E-state index contributed by atoms with van der Waals surface area (Å²) in [6.45, 7) is 1.88. The Kier molecular flexibility index (Phi) is 3.55. The Morgan fingerprint density at radius 2 is 2.05 bits per heavy atom. The lowest BCUT2D eigenvalue weighted by molar-refractivity contribution is 0.592. The van der Waals surface area contributed by atoms with Crippen molar-refractivity contribution < 1.29 is 8.42 Å². The molecule has 102 valence electrons. The third-order valence-corrected chi connectivity index (χ3v) is 4.43. The van der Waals surface area contributed by atoms with Crippen LogP contribution in [-0.4, -0.2) is 18.0 Å². The molecule has 0 unspecified atom stereocenters. The van der Waals surface area contributed by atoms with Crippen molar-refractivity contribution in [3.8, 4) is 0 Å². The molecule has 0 spiro atoms.